The second-order valence-electron chi connectivity index (χ2n) is 4.85. The van der Waals surface area contributed by atoms with Crippen LogP contribution in [-0.2, 0) is 0 Å². The summed E-state index contributed by atoms with van der Waals surface area (Å²) in [6, 6.07) is 7.89. The van der Waals surface area contributed by atoms with Crippen molar-refractivity contribution in [1.82, 2.24) is 4.98 Å². The summed E-state index contributed by atoms with van der Waals surface area (Å²) < 4.78 is 11.1. The number of aromatic nitrogens is 1. The summed E-state index contributed by atoms with van der Waals surface area (Å²) >= 11 is 0. The van der Waals surface area contributed by atoms with Crippen molar-refractivity contribution in [3.63, 3.8) is 0 Å². The number of carbonyl (C=O) groups is 1. The highest BCUT2D eigenvalue weighted by atomic mass is 16.5. The zero-order valence-electron chi connectivity index (χ0n) is 12.3. The van der Waals surface area contributed by atoms with E-state index in [9.17, 15) is 4.79 Å². The number of aryl methyl sites for hydroxylation is 1. The average Bonchev–Trinajstić information content (AvgIpc) is 2.49. The van der Waals surface area contributed by atoms with Gasteiger partial charge in [-0.25, -0.2) is 4.79 Å². The first-order chi connectivity index (χ1) is 10.5. The molecule has 116 valence electrons. The maximum atomic E-state index is 11.2. The molecule has 1 unspecified atom stereocenters. The van der Waals surface area contributed by atoms with Crippen LogP contribution >= 0.6 is 0 Å². The summed E-state index contributed by atoms with van der Waals surface area (Å²) in [5.74, 6) is 0.0468. The zero-order valence-corrected chi connectivity index (χ0v) is 12.3. The summed E-state index contributed by atoms with van der Waals surface area (Å²) in [4.78, 5) is 15.3. The van der Waals surface area contributed by atoms with Crippen LogP contribution in [-0.4, -0.2) is 33.9 Å². The first kappa shape index (κ1) is 15.8. The van der Waals surface area contributed by atoms with Crippen LogP contribution in [0.3, 0.4) is 0 Å². The van der Waals surface area contributed by atoms with E-state index >= 15 is 0 Å². The molecule has 1 atom stereocenters. The third-order valence-corrected chi connectivity index (χ3v) is 2.84. The van der Waals surface area contributed by atoms with Crippen LogP contribution in [0.2, 0.25) is 0 Å². The van der Waals surface area contributed by atoms with E-state index in [0.29, 0.717) is 17.2 Å². The number of aromatic carboxylic acids is 1. The standard InChI is InChI=1S/C16H17NO5/c1-10-3-4-13(8-17-10)22-15-6-12(16(19)20)5-14(7-15)21-11(2)9-18/h3-8,11,18H,9H2,1-2H3,(H,19,20). The monoisotopic (exact) mass is 303 g/mol. The predicted octanol–water partition coefficient (Wildman–Crippen LogP) is 2.64. The zero-order chi connectivity index (χ0) is 16.1. The average molecular weight is 303 g/mol. The number of benzene rings is 1. The van der Waals surface area contributed by atoms with Crippen molar-refractivity contribution in [2.45, 2.75) is 20.0 Å². The molecule has 0 fully saturated rings. The minimum Gasteiger partial charge on any atom is -0.488 e. The highest BCUT2D eigenvalue weighted by Gasteiger charge is 2.11. The molecule has 1 aromatic carbocycles. The van der Waals surface area contributed by atoms with Gasteiger partial charge in [0, 0.05) is 11.8 Å². The highest BCUT2D eigenvalue weighted by molar-refractivity contribution is 5.88. The predicted molar refractivity (Wildman–Crippen MR) is 79.6 cm³/mol. The maximum Gasteiger partial charge on any atom is 0.335 e. The number of hydrogen-bond donors (Lipinski definition) is 2. The van der Waals surface area contributed by atoms with Gasteiger partial charge in [-0.15, -0.1) is 0 Å². The summed E-state index contributed by atoms with van der Waals surface area (Å²) in [6.07, 6.45) is 1.11. The lowest BCUT2D eigenvalue weighted by molar-refractivity contribution is 0.0695. The smallest absolute Gasteiger partial charge is 0.335 e. The first-order valence-corrected chi connectivity index (χ1v) is 6.74. The summed E-state index contributed by atoms with van der Waals surface area (Å²) in [5, 5.41) is 18.2. The molecule has 0 aliphatic rings. The lowest BCUT2D eigenvalue weighted by Crippen LogP contribution is -2.16. The van der Waals surface area contributed by atoms with Crippen LogP contribution in [0.25, 0.3) is 0 Å². The first-order valence-electron chi connectivity index (χ1n) is 6.74. The van der Waals surface area contributed by atoms with Crippen molar-refractivity contribution in [2.24, 2.45) is 0 Å². The highest BCUT2D eigenvalue weighted by Crippen LogP contribution is 2.28. The quantitative estimate of drug-likeness (QED) is 0.852. The molecule has 1 heterocycles. The molecule has 0 aliphatic carbocycles. The van der Waals surface area contributed by atoms with E-state index < -0.39 is 12.1 Å². The summed E-state index contributed by atoms with van der Waals surface area (Å²) in [5.41, 5.74) is 0.894. The second kappa shape index (κ2) is 6.91. The van der Waals surface area contributed by atoms with Gasteiger partial charge in [0.25, 0.3) is 0 Å². The number of pyridine rings is 1. The third kappa shape index (κ3) is 4.20. The second-order valence-corrected chi connectivity index (χ2v) is 4.85. The molecule has 2 rings (SSSR count). The Labute approximate surface area is 128 Å². The molecule has 0 radical (unpaired) electrons. The Hall–Kier alpha value is -2.60. The van der Waals surface area contributed by atoms with E-state index in [1.165, 1.54) is 12.1 Å². The minimum atomic E-state index is -1.09. The summed E-state index contributed by atoms with van der Waals surface area (Å²) in [6.45, 7) is 3.37. The van der Waals surface area contributed by atoms with E-state index in [1.54, 1.807) is 31.3 Å². The molecular weight excluding hydrogens is 286 g/mol. The lowest BCUT2D eigenvalue weighted by atomic mass is 10.2. The van der Waals surface area contributed by atoms with Crippen molar-refractivity contribution in [3.05, 3.63) is 47.8 Å². The van der Waals surface area contributed by atoms with E-state index in [1.807, 2.05) is 6.92 Å². The van der Waals surface area contributed by atoms with Gasteiger partial charge in [0.2, 0.25) is 0 Å². The number of carboxylic acids is 1. The van der Waals surface area contributed by atoms with Gasteiger partial charge in [-0.05, 0) is 38.1 Å². The molecule has 0 aliphatic heterocycles. The van der Waals surface area contributed by atoms with Crippen LogP contribution < -0.4 is 9.47 Å². The molecule has 0 amide bonds. The van der Waals surface area contributed by atoms with Crippen LogP contribution in [0.15, 0.2) is 36.5 Å². The van der Waals surface area contributed by atoms with Gasteiger partial charge in [0.1, 0.15) is 23.4 Å². The molecule has 1 aromatic heterocycles. The molecule has 22 heavy (non-hydrogen) atoms. The van der Waals surface area contributed by atoms with Crippen LogP contribution in [0.5, 0.6) is 17.2 Å². The Balaban J connectivity index is 2.28. The molecule has 0 bridgehead atoms. The number of rotatable bonds is 6. The minimum absolute atomic E-state index is 0.0395. The normalized spacial score (nSPS) is 11.8. The van der Waals surface area contributed by atoms with Gasteiger partial charge in [0.15, 0.2) is 0 Å². The fraction of sp³-hybridized carbons (Fsp3) is 0.250. The Morgan fingerprint density at radius 1 is 1.23 bits per heavy atom. The number of hydrogen-bond acceptors (Lipinski definition) is 5. The largest absolute Gasteiger partial charge is 0.488 e. The molecule has 6 nitrogen and oxygen atoms in total. The number of nitrogens with zero attached hydrogens (tertiary/aromatic N) is 1. The van der Waals surface area contributed by atoms with Crippen molar-refractivity contribution in [3.8, 4) is 17.2 Å². The summed E-state index contributed by atoms with van der Waals surface area (Å²) in [7, 11) is 0. The Morgan fingerprint density at radius 3 is 2.55 bits per heavy atom. The number of carboxylic acid groups (broad SMARTS) is 1. The Morgan fingerprint density at radius 2 is 1.95 bits per heavy atom. The van der Waals surface area contributed by atoms with Gasteiger partial charge in [-0.1, -0.05) is 0 Å². The number of aliphatic hydroxyl groups excluding tert-OH is 1. The SMILES string of the molecule is Cc1ccc(Oc2cc(OC(C)CO)cc(C(=O)O)c2)cn1. The molecule has 2 N–H and O–H groups in total. The topological polar surface area (TPSA) is 88.9 Å². The fourth-order valence-electron chi connectivity index (χ4n) is 1.74. The number of aliphatic hydroxyl groups is 1. The molecule has 0 saturated heterocycles. The van der Waals surface area contributed by atoms with Gasteiger partial charge in [-0.2, -0.15) is 0 Å². The van der Waals surface area contributed by atoms with Crippen molar-refractivity contribution in [2.75, 3.05) is 6.61 Å². The maximum absolute atomic E-state index is 11.2. The van der Waals surface area contributed by atoms with E-state index in [-0.39, 0.29) is 12.2 Å². The van der Waals surface area contributed by atoms with Crippen molar-refractivity contribution < 1.29 is 24.5 Å². The van der Waals surface area contributed by atoms with Crippen LogP contribution in [0, 0.1) is 6.92 Å². The van der Waals surface area contributed by atoms with Gasteiger partial charge < -0.3 is 19.7 Å². The Bertz CT molecular complexity index is 654. The van der Waals surface area contributed by atoms with Gasteiger partial charge in [-0.3, -0.25) is 4.98 Å². The third-order valence-electron chi connectivity index (χ3n) is 2.84. The van der Waals surface area contributed by atoms with Crippen molar-refractivity contribution >= 4 is 5.97 Å². The van der Waals surface area contributed by atoms with Crippen LogP contribution in [0.1, 0.15) is 23.0 Å². The van der Waals surface area contributed by atoms with E-state index in [0.717, 1.165) is 5.69 Å². The van der Waals surface area contributed by atoms with Gasteiger partial charge >= 0.3 is 5.97 Å². The molecule has 6 heteroatoms. The Kier molecular flexibility index (Phi) is 4.95. The molecular formula is C16H17NO5. The van der Waals surface area contributed by atoms with Gasteiger partial charge in [0.05, 0.1) is 18.4 Å². The fourth-order valence-corrected chi connectivity index (χ4v) is 1.74. The van der Waals surface area contributed by atoms with E-state index in [2.05, 4.69) is 4.98 Å². The molecule has 0 spiro atoms. The number of ether oxygens (including phenoxy) is 2. The van der Waals surface area contributed by atoms with Crippen molar-refractivity contribution in [1.29, 1.82) is 0 Å². The van der Waals surface area contributed by atoms with E-state index in [4.69, 9.17) is 19.7 Å². The van der Waals surface area contributed by atoms with Crippen LogP contribution in [0.4, 0.5) is 0 Å². The molecule has 0 saturated carbocycles. The lowest BCUT2D eigenvalue weighted by Gasteiger charge is -2.14. The molecule has 2 aromatic rings.